The van der Waals surface area contributed by atoms with E-state index in [1.165, 1.54) is 4.88 Å². The van der Waals surface area contributed by atoms with Crippen LogP contribution in [0.1, 0.15) is 43.4 Å². The Kier molecular flexibility index (Phi) is 10.6. The Morgan fingerprint density at radius 3 is 2.69 bits per heavy atom. The summed E-state index contributed by atoms with van der Waals surface area (Å²) in [5.41, 5.74) is 0. The van der Waals surface area contributed by atoms with Gasteiger partial charge in [-0.1, -0.05) is 24.3 Å². The summed E-state index contributed by atoms with van der Waals surface area (Å²) in [5, 5.41) is 39.5. The molecule has 5 nitrogen and oxygen atoms in total. The summed E-state index contributed by atoms with van der Waals surface area (Å²) < 4.78 is 2.06. The highest BCUT2D eigenvalue weighted by Gasteiger charge is 2.39. The summed E-state index contributed by atoms with van der Waals surface area (Å²) >= 11 is 8.57. The number of aryl methyl sites for hydroxylation is 1. The molecule has 0 saturated heterocycles. The number of hydrogen-bond donors (Lipinski definition) is 4. The number of carboxylic acid groups (broad SMARTS) is 1. The van der Waals surface area contributed by atoms with E-state index in [1.54, 1.807) is 17.4 Å². The average Bonchev–Trinajstić information content (AvgIpc) is 3.11. The molecule has 1 aliphatic carbocycles. The molecule has 1 heterocycles. The van der Waals surface area contributed by atoms with Gasteiger partial charge in [-0.05, 0) is 75.9 Å². The van der Waals surface area contributed by atoms with Crippen LogP contribution in [0.2, 0.25) is 0 Å². The van der Waals surface area contributed by atoms with Crippen molar-refractivity contribution < 1.29 is 25.2 Å². The van der Waals surface area contributed by atoms with Crippen LogP contribution in [0.15, 0.2) is 38.6 Å². The first-order valence-corrected chi connectivity index (χ1v) is 12.2. The molecule has 0 aliphatic heterocycles. The van der Waals surface area contributed by atoms with Crippen LogP contribution in [-0.2, 0) is 11.2 Å². The topological polar surface area (TPSA) is 98.0 Å². The molecule has 1 saturated carbocycles. The number of rotatable bonds is 11. The zero-order valence-electron chi connectivity index (χ0n) is 16.1. The molecule has 0 unspecified atom stereocenters. The molecule has 0 bridgehead atoms. The van der Waals surface area contributed by atoms with Crippen molar-refractivity contribution in [3.63, 3.8) is 0 Å². The highest BCUT2D eigenvalue weighted by atomic mass is 79.9. The van der Waals surface area contributed by atoms with Gasteiger partial charge in [0.2, 0.25) is 0 Å². The minimum atomic E-state index is -0.796. The Bertz CT molecular complexity index is 698. The molecular formula is C21H28Br2O5S. The molecule has 0 amide bonds. The predicted molar refractivity (Wildman–Crippen MR) is 122 cm³/mol. The normalized spacial score (nSPS) is 26.0. The molecule has 8 heteroatoms. The average molecular weight is 552 g/mol. The van der Waals surface area contributed by atoms with E-state index in [0.717, 1.165) is 14.7 Å². The Hall–Kier alpha value is -0.510. The molecule has 4 N–H and O–H groups in total. The molecule has 5 atom stereocenters. The van der Waals surface area contributed by atoms with Gasteiger partial charge in [0.1, 0.15) is 0 Å². The lowest BCUT2D eigenvalue weighted by atomic mass is 9.89. The van der Waals surface area contributed by atoms with E-state index >= 15 is 0 Å². The van der Waals surface area contributed by atoms with E-state index in [0.29, 0.717) is 32.1 Å². The van der Waals surface area contributed by atoms with Crippen LogP contribution in [-0.4, -0.2) is 44.7 Å². The van der Waals surface area contributed by atoms with E-state index < -0.39 is 24.3 Å². The minimum Gasteiger partial charge on any atom is -0.481 e. The number of aliphatic hydroxyl groups excluding tert-OH is 3. The fourth-order valence-electron chi connectivity index (χ4n) is 3.61. The zero-order valence-corrected chi connectivity index (χ0v) is 20.1. The number of unbranched alkanes of at least 4 members (excludes halogenated alkanes) is 1. The van der Waals surface area contributed by atoms with Gasteiger partial charge in [0.05, 0.1) is 22.1 Å². The van der Waals surface area contributed by atoms with Crippen molar-refractivity contribution in [1.29, 1.82) is 0 Å². The van der Waals surface area contributed by atoms with Gasteiger partial charge < -0.3 is 20.4 Å². The summed E-state index contributed by atoms with van der Waals surface area (Å²) in [6.45, 7) is 0. The fourth-order valence-corrected chi connectivity index (χ4v) is 5.80. The third kappa shape index (κ3) is 8.26. The third-order valence-corrected chi connectivity index (χ3v) is 8.51. The van der Waals surface area contributed by atoms with Crippen LogP contribution < -0.4 is 0 Å². The summed E-state index contributed by atoms with van der Waals surface area (Å²) in [5.74, 6) is -1.10. The molecule has 1 aromatic heterocycles. The van der Waals surface area contributed by atoms with Crippen molar-refractivity contribution in [3.05, 3.63) is 43.5 Å². The van der Waals surface area contributed by atoms with Crippen molar-refractivity contribution in [3.8, 4) is 0 Å². The second-order valence-electron chi connectivity index (χ2n) is 7.43. The maximum Gasteiger partial charge on any atom is 0.303 e. The lowest BCUT2D eigenvalue weighted by Crippen LogP contribution is -2.20. The highest BCUT2D eigenvalue weighted by Crippen LogP contribution is 2.36. The highest BCUT2D eigenvalue weighted by molar-refractivity contribution is 9.13. The lowest BCUT2D eigenvalue weighted by Gasteiger charge is -2.19. The van der Waals surface area contributed by atoms with Crippen molar-refractivity contribution in [2.45, 2.75) is 63.3 Å². The second-order valence-corrected chi connectivity index (χ2v) is 10.7. The molecule has 0 aromatic carbocycles. The number of carboxylic acids is 1. The van der Waals surface area contributed by atoms with Crippen molar-refractivity contribution >= 4 is 49.2 Å². The minimum absolute atomic E-state index is 0.103. The molecule has 29 heavy (non-hydrogen) atoms. The lowest BCUT2D eigenvalue weighted by molar-refractivity contribution is -0.137. The first-order chi connectivity index (χ1) is 13.8. The molecule has 162 valence electrons. The number of allylic oxidation sites excluding steroid dienone is 2. The van der Waals surface area contributed by atoms with E-state index in [-0.39, 0.29) is 18.3 Å². The summed E-state index contributed by atoms with van der Waals surface area (Å²) in [6, 6.07) is 2.04. The van der Waals surface area contributed by atoms with Crippen molar-refractivity contribution in [2.75, 3.05) is 0 Å². The van der Waals surface area contributed by atoms with Crippen LogP contribution in [0.4, 0.5) is 0 Å². The predicted octanol–water partition coefficient (Wildman–Crippen LogP) is 4.68. The maximum atomic E-state index is 10.5. The summed E-state index contributed by atoms with van der Waals surface area (Å²) in [6.07, 6.45) is 9.39. The maximum absolute atomic E-state index is 10.5. The Labute approximate surface area is 192 Å². The van der Waals surface area contributed by atoms with E-state index in [1.807, 2.05) is 24.3 Å². The molecule has 1 aromatic rings. The van der Waals surface area contributed by atoms with Gasteiger partial charge >= 0.3 is 5.97 Å². The largest absolute Gasteiger partial charge is 0.481 e. The quantitative estimate of drug-likeness (QED) is 0.236. The number of halogens is 2. The summed E-state index contributed by atoms with van der Waals surface area (Å²) in [7, 11) is 0. The van der Waals surface area contributed by atoms with E-state index in [9.17, 15) is 20.1 Å². The van der Waals surface area contributed by atoms with Gasteiger partial charge in [0, 0.05) is 28.1 Å². The van der Waals surface area contributed by atoms with Gasteiger partial charge in [-0.2, -0.15) is 0 Å². The first-order valence-electron chi connectivity index (χ1n) is 9.81. The smallest absolute Gasteiger partial charge is 0.303 e. The molecule has 1 aliphatic rings. The standard InChI is InChI=1S/C21H28Br2O5S/c22-17-11-14(29-21(17)23)9-7-13(24)8-10-16-15(18(25)12-19(16)26)5-3-1-2-4-6-20(27)28/h1,3,8,10-11,13,15-16,18-19,24-26H,2,4-7,9,12H2,(H,27,28)/t13-,15-,16-,18+,19+/m1/s1. The monoisotopic (exact) mass is 550 g/mol. The van der Waals surface area contributed by atoms with Crippen LogP contribution in [0.3, 0.4) is 0 Å². The molecule has 2 rings (SSSR count). The molecule has 1 fully saturated rings. The number of aliphatic carboxylic acids is 1. The third-order valence-electron chi connectivity index (χ3n) is 5.19. The van der Waals surface area contributed by atoms with Crippen LogP contribution in [0.25, 0.3) is 0 Å². The van der Waals surface area contributed by atoms with E-state index in [2.05, 4.69) is 31.9 Å². The first kappa shape index (κ1) is 24.8. The van der Waals surface area contributed by atoms with Crippen LogP contribution >= 0.6 is 43.2 Å². The van der Waals surface area contributed by atoms with Gasteiger partial charge in [0.15, 0.2) is 0 Å². The zero-order chi connectivity index (χ0) is 21.4. The van der Waals surface area contributed by atoms with Crippen LogP contribution in [0.5, 0.6) is 0 Å². The Morgan fingerprint density at radius 2 is 2.03 bits per heavy atom. The molecule has 0 spiro atoms. The SMILES string of the molecule is O=C(O)CCCC=CC[C@@H]1[C@@H](C=C[C@H](O)CCc2cc(Br)c(Br)s2)[C@@H](O)C[C@@H]1O. The van der Waals surface area contributed by atoms with Crippen LogP contribution in [0, 0.1) is 11.8 Å². The second kappa shape index (κ2) is 12.4. The van der Waals surface area contributed by atoms with Gasteiger partial charge in [-0.25, -0.2) is 0 Å². The number of carbonyl (C=O) groups is 1. The van der Waals surface area contributed by atoms with Crippen molar-refractivity contribution in [1.82, 2.24) is 0 Å². The van der Waals surface area contributed by atoms with Crippen molar-refractivity contribution in [2.24, 2.45) is 11.8 Å². The number of hydrogen-bond acceptors (Lipinski definition) is 5. The number of thiophene rings is 1. The Morgan fingerprint density at radius 1 is 1.28 bits per heavy atom. The summed E-state index contributed by atoms with van der Waals surface area (Å²) in [4.78, 5) is 11.7. The fraction of sp³-hybridized carbons (Fsp3) is 0.571. The Balaban J connectivity index is 1.83. The number of aliphatic hydroxyl groups is 3. The van der Waals surface area contributed by atoms with Gasteiger partial charge in [-0.3, -0.25) is 4.79 Å². The van der Waals surface area contributed by atoms with Gasteiger partial charge in [0.25, 0.3) is 0 Å². The van der Waals surface area contributed by atoms with Gasteiger partial charge in [-0.15, -0.1) is 11.3 Å². The molecular weight excluding hydrogens is 524 g/mol. The van der Waals surface area contributed by atoms with E-state index in [4.69, 9.17) is 5.11 Å². The molecule has 0 radical (unpaired) electrons.